The second kappa shape index (κ2) is 8.68. The van der Waals surface area contributed by atoms with Gasteiger partial charge in [-0.1, -0.05) is 30.0 Å². The van der Waals surface area contributed by atoms with E-state index >= 15 is 0 Å². The van der Waals surface area contributed by atoms with Crippen LogP contribution < -0.4 is 14.8 Å². The molecule has 2 amide bonds. The number of aliphatic carboxylic acids is 1. The van der Waals surface area contributed by atoms with Crippen molar-refractivity contribution >= 4 is 29.4 Å². The summed E-state index contributed by atoms with van der Waals surface area (Å²) in [5.41, 5.74) is 0.584. The predicted molar refractivity (Wildman–Crippen MR) is 102 cm³/mol. The van der Waals surface area contributed by atoms with Crippen molar-refractivity contribution < 1.29 is 24.2 Å². The number of nitrogens with zero attached hydrogens (tertiary/aromatic N) is 1. The van der Waals surface area contributed by atoms with E-state index in [1.54, 1.807) is 13.1 Å². The quantitative estimate of drug-likeness (QED) is 0.787. The molecule has 1 aliphatic rings. The normalized spacial score (nSPS) is 12.3. The van der Waals surface area contributed by atoms with Crippen LogP contribution in [0.25, 0.3) is 0 Å². The number of rotatable bonds is 6. The maximum absolute atomic E-state index is 12.4. The lowest BCUT2D eigenvalue weighted by molar-refractivity contribution is -0.137. The van der Waals surface area contributed by atoms with E-state index in [0.29, 0.717) is 30.4 Å². The molecule has 0 spiro atoms. The molecule has 1 aliphatic heterocycles. The fourth-order valence-electron chi connectivity index (χ4n) is 2.44. The summed E-state index contributed by atoms with van der Waals surface area (Å²) in [6.45, 7) is 1.04. The molecule has 7 nitrogen and oxygen atoms in total. The molecule has 2 N–H and O–H groups in total. The highest BCUT2D eigenvalue weighted by molar-refractivity contribution is 7.99. The minimum absolute atomic E-state index is 0.114. The number of amides is 2. The van der Waals surface area contributed by atoms with Crippen LogP contribution in [0.2, 0.25) is 0 Å². The minimum Gasteiger partial charge on any atom is -0.486 e. The van der Waals surface area contributed by atoms with Crippen LogP contribution in [-0.4, -0.2) is 48.8 Å². The molecule has 0 aromatic heterocycles. The summed E-state index contributed by atoms with van der Waals surface area (Å²) in [5, 5.41) is 11.6. The first-order chi connectivity index (χ1) is 13.0. The first-order valence-corrected chi connectivity index (χ1v) is 9.25. The highest BCUT2D eigenvalue weighted by atomic mass is 32.2. The highest BCUT2D eigenvalue weighted by Gasteiger charge is 2.19. The third-order valence-electron chi connectivity index (χ3n) is 3.86. The maximum Gasteiger partial charge on any atom is 0.321 e. The summed E-state index contributed by atoms with van der Waals surface area (Å²) in [5.74, 6) is 0.258. The SMILES string of the molecule is CN(CCC(=O)O)C(=O)Nc1cc2c(cc1Sc1ccccc1)OCCO2. The van der Waals surface area contributed by atoms with Crippen molar-refractivity contribution in [3.8, 4) is 11.5 Å². The zero-order valence-corrected chi connectivity index (χ0v) is 15.6. The number of anilines is 1. The van der Waals surface area contributed by atoms with E-state index in [1.165, 1.54) is 16.7 Å². The molecular weight excluding hydrogens is 368 g/mol. The number of carbonyl (C=O) groups is 2. The molecule has 0 radical (unpaired) electrons. The number of carbonyl (C=O) groups excluding carboxylic acids is 1. The Hall–Kier alpha value is -2.87. The van der Waals surface area contributed by atoms with Crippen molar-refractivity contribution in [1.82, 2.24) is 4.90 Å². The van der Waals surface area contributed by atoms with Crippen LogP contribution in [0, 0.1) is 0 Å². The second-order valence-corrected chi connectivity index (χ2v) is 7.02. The van der Waals surface area contributed by atoms with Crippen LogP contribution in [0.5, 0.6) is 11.5 Å². The van der Waals surface area contributed by atoms with E-state index in [4.69, 9.17) is 14.6 Å². The van der Waals surface area contributed by atoms with Crippen molar-refractivity contribution in [1.29, 1.82) is 0 Å². The van der Waals surface area contributed by atoms with Crippen molar-refractivity contribution in [3.63, 3.8) is 0 Å². The number of ether oxygens (including phenoxy) is 2. The number of carboxylic acid groups (broad SMARTS) is 1. The van der Waals surface area contributed by atoms with Gasteiger partial charge in [-0.15, -0.1) is 0 Å². The van der Waals surface area contributed by atoms with E-state index in [-0.39, 0.29) is 19.0 Å². The van der Waals surface area contributed by atoms with Crippen LogP contribution in [0.4, 0.5) is 10.5 Å². The van der Waals surface area contributed by atoms with Gasteiger partial charge < -0.3 is 24.8 Å². The molecule has 0 aliphatic carbocycles. The second-order valence-electron chi connectivity index (χ2n) is 5.90. The smallest absolute Gasteiger partial charge is 0.321 e. The first-order valence-electron chi connectivity index (χ1n) is 8.43. The molecule has 142 valence electrons. The first kappa shape index (κ1) is 18.9. The Bertz CT molecular complexity index is 828. The van der Waals surface area contributed by atoms with Crippen molar-refractivity contribution in [2.75, 3.05) is 32.1 Å². The standard InChI is InChI=1S/C19H20N2O5S/c1-21(8-7-18(22)23)19(24)20-14-11-15-16(26-10-9-25-15)12-17(14)27-13-5-3-2-4-6-13/h2-6,11-12H,7-10H2,1H3,(H,20,24)(H,22,23). The molecule has 2 aromatic rings. The predicted octanol–water partition coefficient (Wildman–Crippen LogP) is 3.55. The van der Waals surface area contributed by atoms with Crippen LogP contribution >= 0.6 is 11.8 Å². The lowest BCUT2D eigenvalue weighted by Gasteiger charge is -2.23. The number of nitrogens with one attached hydrogen (secondary N) is 1. The number of urea groups is 1. The number of benzene rings is 2. The van der Waals surface area contributed by atoms with Gasteiger partial charge in [0.1, 0.15) is 13.2 Å². The summed E-state index contributed by atoms with van der Waals surface area (Å²) < 4.78 is 11.3. The Kier molecular flexibility index (Phi) is 6.08. The van der Waals surface area contributed by atoms with E-state index in [1.807, 2.05) is 36.4 Å². The van der Waals surface area contributed by atoms with Crippen LogP contribution in [0.15, 0.2) is 52.3 Å². The van der Waals surface area contributed by atoms with Gasteiger partial charge in [0.05, 0.1) is 12.1 Å². The zero-order chi connectivity index (χ0) is 19.2. The van der Waals surface area contributed by atoms with Crippen LogP contribution in [0.3, 0.4) is 0 Å². The van der Waals surface area contributed by atoms with Gasteiger partial charge in [-0.05, 0) is 12.1 Å². The molecule has 0 bridgehead atoms. The molecule has 0 unspecified atom stereocenters. The lowest BCUT2D eigenvalue weighted by atomic mass is 10.2. The fraction of sp³-hybridized carbons (Fsp3) is 0.263. The summed E-state index contributed by atoms with van der Waals surface area (Å²) in [4.78, 5) is 26.3. The average molecular weight is 388 g/mol. The van der Waals surface area contributed by atoms with E-state index < -0.39 is 5.97 Å². The molecule has 2 aromatic carbocycles. The molecule has 0 saturated carbocycles. The van der Waals surface area contributed by atoms with E-state index in [2.05, 4.69) is 5.32 Å². The minimum atomic E-state index is -0.950. The summed E-state index contributed by atoms with van der Waals surface area (Å²) >= 11 is 1.50. The molecule has 0 saturated heterocycles. The summed E-state index contributed by atoms with van der Waals surface area (Å²) in [6, 6.07) is 13.0. The van der Waals surface area contributed by atoms with E-state index in [0.717, 1.165) is 9.79 Å². The van der Waals surface area contributed by atoms with Gasteiger partial charge in [0.15, 0.2) is 11.5 Å². The van der Waals surface area contributed by atoms with Crippen LogP contribution in [-0.2, 0) is 4.79 Å². The Labute approximate surface area is 161 Å². The Morgan fingerprint density at radius 3 is 2.48 bits per heavy atom. The maximum atomic E-state index is 12.4. The van der Waals surface area contributed by atoms with Gasteiger partial charge in [0.25, 0.3) is 0 Å². The Morgan fingerprint density at radius 2 is 1.81 bits per heavy atom. The monoisotopic (exact) mass is 388 g/mol. The highest BCUT2D eigenvalue weighted by Crippen LogP contribution is 2.42. The topological polar surface area (TPSA) is 88.1 Å². The number of hydrogen-bond donors (Lipinski definition) is 2. The zero-order valence-electron chi connectivity index (χ0n) is 14.8. The number of carboxylic acids is 1. The Balaban J connectivity index is 1.83. The van der Waals surface area contributed by atoms with Gasteiger partial charge in [0.2, 0.25) is 0 Å². The third-order valence-corrected chi connectivity index (χ3v) is 4.93. The molecule has 0 fully saturated rings. The van der Waals surface area contributed by atoms with E-state index in [9.17, 15) is 9.59 Å². The molecule has 8 heteroatoms. The fourth-order valence-corrected chi connectivity index (χ4v) is 3.38. The van der Waals surface area contributed by atoms with Crippen molar-refractivity contribution in [2.24, 2.45) is 0 Å². The van der Waals surface area contributed by atoms with Crippen molar-refractivity contribution in [3.05, 3.63) is 42.5 Å². The number of fused-ring (bicyclic) bond motifs is 1. The van der Waals surface area contributed by atoms with Gasteiger partial charge in [-0.25, -0.2) is 4.79 Å². The molecule has 1 heterocycles. The van der Waals surface area contributed by atoms with Crippen molar-refractivity contribution in [2.45, 2.75) is 16.2 Å². The molecule has 0 atom stereocenters. The molecular formula is C19H20N2O5S. The van der Waals surface area contributed by atoms with Crippen LogP contribution in [0.1, 0.15) is 6.42 Å². The summed E-state index contributed by atoms with van der Waals surface area (Å²) in [7, 11) is 1.56. The third kappa shape index (κ3) is 5.07. The molecule has 27 heavy (non-hydrogen) atoms. The largest absolute Gasteiger partial charge is 0.486 e. The van der Waals surface area contributed by atoms with Gasteiger partial charge in [-0.3, -0.25) is 4.79 Å². The molecule has 3 rings (SSSR count). The number of hydrogen-bond acceptors (Lipinski definition) is 5. The summed E-state index contributed by atoms with van der Waals surface area (Å²) in [6.07, 6.45) is -0.114. The average Bonchev–Trinajstić information content (AvgIpc) is 2.67. The van der Waals surface area contributed by atoms with Gasteiger partial charge >= 0.3 is 12.0 Å². The van der Waals surface area contributed by atoms with Gasteiger partial charge in [-0.2, -0.15) is 0 Å². The Morgan fingerprint density at radius 1 is 1.15 bits per heavy atom. The lowest BCUT2D eigenvalue weighted by Crippen LogP contribution is -2.33. The van der Waals surface area contributed by atoms with Gasteiger partial charge in [0, 0.05) is 35.5 Å².